The Kier molecular flexibility index (Phi) is 7.34. The van der Waals surface area contributed by atoms with E-state index in [1.165, 1.54) is 12.1 Å². The highest BCUT2D eigenvalue weighted by molar-refractivity contribution is 7.99. The number of esters is 1. The number of amides is 1. The minimum atomic E-state index is -3.40. The Morgan fingerprint density at radius 2 is 1.84 bits per heavy atom. The van der Waals surface area contributed by atoms with Crippen molar-refractivity contribution in [2.24, 2.45) is 4.99 Å². The number of hydrogen-bond donors (Lipinski definition) is 0. The van der Waals surface area contributed by atoms with Crippen molar-refractivity contribution in [3.63, 3.8) is 0 Å². The van der Waals surface area contributed by atoms with E-state index in [0.717, 1.165) is 28.2 Å². The standard InChI is InChI=1S/C21H22N2O5S3/c1-4-28-19(24)13-23-17-11-10-16(31(3,26)27)12-18(17)30-21(23)22-20(25)14-6-8-15(9-7-14)29-5-2/h6-12H,4-5,13H2,1-3H3. The van der Waals surface area contributed by atoms with Gasteiger partial charge >= 0.3 is 5.97 Å². The second-order valence-electron chi connectivity index (χ2n) is 6.55. The second kappa shape index (κ2) is 9.80. The summed E-state index contributed by atoms with van der Waals surface area (Å²) in [7, 11) is -3.40. The number of thiazole rings is 1. The molecule has 2 aromatic carbocycles. The summed E-state index contributed by atoms with van der Waals surface area (Å²) >= 11 is 2.82. The van der Waals surface area contributed by atoms with E-state index in [4.69, 9.17) is 4.74 Å². The van der Waals surface area contributed by atoms with E-state index in [2.05, 4.69) is 11.9 Å². The van der Waals surface area contributed by atoms with Gasteiger partial charge in [-0.2, -0.15) is 4.99 Å². The minimum absolute atomic E-state index is 0.135. The van der Waals surface area contributed by atoms with Gasteiger partial charge in [-0.15, -0.1) is 11.8 Å². The van der Waals surface area contributed by atoms with Crippen molar-refractivity contribution in [1.82, 2.24) is 4.57 Å². The monoisotopic (exact) mass is 478 g/mol. The molecule has 0 radical (unpaired) electrons. The summed E-state index contributed by atoms with van der Waals surface area (Å²) < 4.78 is 31.0. The van der Waals surface area contributed by atoms with Crippen LogP contribution in [-0.2, 0) is 25.9 Å². The maximum absolute atomic E-state index is 12.8. The maximum Gasteiger partial charge on any atom is 0.326 e. The number of hydrogen-bond acceptors (Lipinski definition) is 7. The average molecular weight is 479 g/mol. The SMILES string of the molecule is CCOC(=O)Cn1c(=NC(=O)c2ccc(SCC)cc2)sc2cc(S(C)(=O)=O)ccc21. The van der Waals surface area contributed by atoms with Crippen LogP contribution in [0.15, 0.2) is 57.2 Å². The molecule has 0 aliphatic carbocycles. The average Bonchev–Trinajstić information content (AvgIpc) is 3.04. The van der Waals surface area contributed by atoms with Crippen LogP contribution in [-0.4, -0.2) is 43.5 Å². The summed E-state index contributed by atoms with van der Waals surface area (Å²) in [6.07, 6.45) is 1.13. The molecule has 7 nitrogen and oxygen atoms in total. The van der Waals surface area contributed by atoms with Crippen molar-refractivity contribution in [1.29, 1.82) is 0 Å². The molecule has 10 heteroatoms. The summed E-state index contributed by atoms with van der Waals surface area (Å²) in [5, 5.41) is 0. The second-order valence-corrected chi connectivity index (χ2v) is 10.9. The van der Waals surface area contributed by atoms with Crippen molar-refractivity contribution < 1.29 is 22.7 Å². The van der Waals surface area contributed by atoms with Gasteiger partial charge in [0.15, 0.2) is 14.6 Å². The maximum atomic E-state index is 12.8. The van der Waals surface area contributed by atoms with Crippen LogP contribution >= 0.6 is 23.1 Å². The molecule has 1 heterocycles. The number of carbonyl (C=O) groups is 2. The minimum Gasteiger partial charge on any atom is -0.465 e. The van der Waals surface area contributed by atoms with E-state index in [0.29, 0.717) is 20.6 Å². The third kappa shape index (κ3) is 5.63. The quantitative estimate of drug-likeness (QED) is 0.381. The van der Waals surface area contributed by atoms with Gasteiger partial charge in [0, 0.05) is 16.7 Å². The molecular weight excluding hydrogens is 456 g/mol. The summed E-state index contributed by atoms with van der Waals surface area (Å²) in [5.41, 5.74) is 1.03. The van der Waals surface area contributed by atoms with E-state index < -0.39 is 21.7 Å². The number of rotatable bonds is 7. The molecule has 0 saturated carbocycles. The van der Waals surface area contributed by atoms with Crippen LogP contribution in [0.4, 0.5) is 0 Å². The van der Waals surface area contributed by atoms with Crippen LogP contribution in [0.2, 0.25) is 0 Å². The van der Waals surface area contributed by atoms with Crippen LogP contribution in [0, 0.1) is 0 Å². The van der Waals surface area contributed by atoms with E-state index in [-0.39, 0.29) is 18.0 Å². The first-order chi connectivity index (χ1) is 14.7. The zero-order valence-corrected chi connectivity index (χ0v) is 19.8. The first-order valence-electron chi connectivity index (χ1n) is 9.54. The summed E-state index contributed by atoms with van der Waals surface area (Å²) in [4.78, 5) is 30.6. The number of benzene rings is 2. The highest BCUT2D eigenvalue weighted by atomic mass is 32.2. The first-order valence-corrected chi connectivity index (χ1v) is 13.2. The number of thioether (sulfide) groups is 1. The van der Waals surface area contributed by atoms with Crippen molar-refractivity contribution >= 4 is 55.0 Å². The number of carbonyl (C=O) groups excluding carboxylic acids is 2. The molecule has 0 unspecified atom stereocenters. The van der Waals surface area contributed by atoms with E-state index in [1.54, 1.807) is 41.5 Å². The Hall–Kier alpha value is -2.43. The number of ether oxygens (including phenoxy) is 1. The largest absolute Gasteiger partial charge is 0.465 e. The molecule has 0 bridgehead atoms. The fourth-order valence-electron chi connectivity index (χ4n) is 2.87. The molecule has 1 aromatic heterocycles. The predicted molar refractivity (Wildman–Crippen MR) is 122 cm³/mol. The topological polar surface area (TPSA) is 94.8 Å². The van der Waals surface area contributed by atoms with Crippen molar-refractivity contribution in [3.05, 3.63) is 52.8 Å². The van der Waals surface area contributed by atoms with Crippen LogP contribution < -0.4 is 4.80 Å². The summed E-state index contributed by atoms with van der Waals surface area (Å²) in [5.74, 6) is 0.0211. The Morgan fingerprint density at radius 1 is 1.13 bits per heavy atom. The zero-order valence-electron chi connectivity index (χ0n) is 17.3. The highest BCUT2D eigenvalue weighted by Crippen LogP contribution is 2.22. The van der Waals surface area contributed by atoms with Crippen molar-refractivity contribution in [3.8, 4) is 0 Å². The number of aromatic nitrogens is 1. The van der Waals surface area contributed by atoms with E-state index in [1.807, 2.05) is 12.1 Å². The van der Waals surface area contributed by atoms with Gasteiger partial charge in [-0.25, -0.2) is 8.42 Å². The summed E-state index contributed by atoms with van der Waals surface area (Å²) in [6.45, 7) is 3.86. The van der Waals surface area contributed by atoms with E-state index >= 15 is 0 Å². The van der Waals surface area contributed by atoms with E-state index in [9.17, 15) is 18.0 Å². The fraction of sp³-hybridized carbons (Fsp3) is 0.286. The lowest BCUT2D eigenvalue weighted by atomic mass is 10.2. The molecule has 3 aromatic rings. The molecule has 0 aliphatic rings. The van der Waals surface area contributed by atoms with Gasteiger partial charge in [0.05, 0.1) is 21.7 Å². The van der Waals surface area contributed by atoms with Gasteiger partial charge in [-0.3, -0.25) is 9.59 Å². The van der Waals surface area contributed by atoms with Crippen LogP contribution in [0.25, 0.3) is 10.2 Å². The predicted octanol–water partition coefficient (Wildman–Crippen LogP) is 3.52. The van der Waals surface area contributed by atoms with Crippen LogP contribution in [0.5, 0.6) is 0 Å². The lowest BCUT2D eigenvalue weighted by Crippen LogP contribution is -2.23. The van der Waals surface area contributed by atoms with Crippen LogP contribution in [0.3, 0.4) is 0 Å². The summed E-state index contributed by atoms with van der Waals surface area (Å²) in [6, 6.07) is 11.8. The van der Waals surface area contributed by atoms with Gasteiger partial charge < -0.3 is 9.30 Å². The van der Waals surface area contributed by atoms with Gasteiger partial charge in [-0.1, -0.05) is 18.3 Å². The van der Waals surface area contributed by atoms with Gasteiger partial charge in [-0.05, 0) is 55.1 Å². The van der Waals surface area contributed by atoms with Crippen LogP contribution in [0.1, 0.15) is 24.2 Å². The number of fused-ring (bicyclic) bond motifs is 1. The first kappa shape index (κ1) is 23.2. The molecule has 3 rings (SSSR count). The highest BCUT2D eigenvalue weighted by Gasteiger charge is 2.15. The normalized spacial score (nSPS) is 12.3. The fourth-order valence-corrected chi connectivity index (χ4v) is 5.32. The Morgan fingerprint density at radius 3 is 2.45 bits per heavy atom. The van der Waals surface area contributed by atoms with Crippen molar-refractivity contribution in [2.75, 3.05) is 18.6 Å². The molecule has 0 saturated heterocycles. The lowest BCUT2D eigenvalue weighted by Gasteiger charge is -2.05. The Labute approximate surface area is 188 Å². The lowest BCUT2D eigenvalue weighted by molar-refractivity contribution is -0.143. The zero-order chi connectivity index (χ0) is 22.6. The molecule has 1 amide bonds. The van der Waals surface area contributed by atoms with Gasteiger partial charge in [0.1, 0.15) is 6.54 Å². The molecule has 0 aliphatic heterocycles. The molecule has 164 valence electrons. The number of sulfone groups is 1. The third-order valence-electron chi connectivity index (χ3n) is 4.28. The van der Waals surface area contributed by atoms with Gasteiger partial charge in [0.2, 0.25) is 0 Å². The third-order valence-corrected chi connectivity index (χ3v) is 7.33. The van der Waals surface area contributed by atoms with Gasteiger partial charge in [0.25, 0.3) is 5.91 Å². The molecule has 31 heavy (non-hydrogen) atoms. The molecule has 0 fully saturated rings. The molecular formula is C21H22N2O5S3. The number of nitrogens with zero attached hydrogens (tertiary/aromatic N) is 2. The Bertz CT molecular complexity index is 1290. The Balaban J connectivity index is 2.09. The molecule has 0 spiro atoms. The smallest absolute Gasteiger partial charge is 0.326 e. The molecule has 0 N–H and O–H groups in total. The molecule has 0 atom stereocenters. The van der Waals surface area contributed by atoms with Crippen molar-refractivity contribution in [2.45, 2.75) is 30.2 Å².